The molecular formula is C14H20FN3O. The molecule has 3 N–H and O–H groups in total. The summed E-state index contributed by atoms with van der Waals surface area (Å²) in [4.78, 5) is 14.2. The average Bonchev–Trinajstić information content (AvgIpc) is 2.40. The van der Waals surface area contributed by atoms with Gasteiger partial charge in [0.2, 0.25) is 0 Å². The van der Waals surface area contributed by atoms with Crippen molar-refractivity contribution in [2.24, 2.45) is 17.7 Å². The molecule has 104 valence electrons. The van der Waals surface area contributed by atoms with Gasteiger partial charge >= 0.3 is 0 Å². The largest absolute Gasteiger partial charge is 0.338 e. The number of piperidine rings is 1. The number of rotatable bonds is 2. The van der Waals surface area contributed by atoms with Crippen molar-refractivity contribution in [2.75, 3.05) is 18.5 Å². The van der Waals surface area contributed by atoms with Crippen LogP contribution in [-0.4, -0.2) is 23.9 Å². The van der Waals surface area contributed by atoms with E-state index in [0.29, 0.717) is 30.5 Å². The summed E-state index contributed by atoms with van der Waals surface area (Å²) in [6.07, 6.45) is 0.980. The number of hydrogen-bond acceptors (Lipinski definition) is 3. The summed E-state index contributed by atoms with van der Waals surface area (Å²) in [7, 11) is 0. The van der Waals surface area contributed by atoms with Crippen LogP contribution in [0, 0.1) is 17.7 Å². The molecule has 2 rings (SSSR count). The summed E-state index contributed by atoms with van der Waals surface area (Å²) < 4.78 is 13.6. The second-order valence-electron chi connectivity index (χ2n) is 5.30. The van der Waals surface area contributed by atoms with Gasteiger partial charge in [-0.15, -0.1) is 0 Å². The Hall–Kier alpha value is -1.62. The minimum Gasteiger partial charge on any atom is -0.338 e. The fourth-order valence-electron chi connectivity index (χ4n) is 2.47. The molecule has 0 spiro atoms. The summed E-state index contributed by atoms with van der Waals surface area (Å²) >= 11 is 0. The van der Waals surface area contributed by atoms with Gasteiger partial charge in [0, 0.05) is 13.1 Å². The molecule has 0 aromatic heterocycles. The number of carbonyl (C=O) groups is 1. The van der Waals surface area contributed by atoms with Crippen LogP contribution in [0.4, 0.5) is 10.1 Å². The van der Waals surface area contributed by atoms with Crippen LogP contribution in [0.3, 0.4) is 0 Å². The predicted octanol–water partition coefficient (Wildman–Crippen LogP) is 2.23. The summed E-state index contributed by atoms with van der Waals surface area (Å²) in [5.41, 5.74) is 2.65. The van der Waals surface area contributed by atoms with Crippen LogP contribution in [0.5, 0.6) is 0 Å². The van der Waals surface area contributed by atoms with E-state index in [-0.39, 0.29) is 11.6 Å². The van der Waals surface area contributed by atoms with E-state index in [4.69, 9.17) is 5.84 Å². The van der Waals surface area contributed by atoms with Gasteiger partial charge in [-0.25, -0.2) is 4.39 Å². The van der Waals surface area contributed by atoms with Gasteiger partial charge in [0.1, 0.15) is 5.82 Å². The number of hydrogen-bond donors (Lipinski definition) is 2. The highest BCUT2D eigenvalue weighted by molar-refractivity contribution is 5.99. The molecule has 19 heavy (non-hydrogen) atoms. The molecule has 1 heterocycles. The molecule has 1 saturated heterocycles. The summed E-state index contributed by atoms with van der Waals surface area (Å²) in [5, 5.41) is 0. The van der Waals surface area contributed by atoms with Crippen LogP contribution >= 0.6 is 0 Å². The average molecular weight is 265 g/mol. The first kappa shape index (κ1) is 13.8. The molecule has 4 nitrogen and oxygen atoms in total. The van der Waals surface area contributed by atoms with E-state index in [2.05, 4.69) is 19.3 Å². The minimum atomic E-state index is -0.508. The van der Waals surface area contributed by atoms with Gasteiger partial charge in [-0.2, -0.15) is 0 Å². The zero-order valence-electron chi connectivity index (χ0n) is 11.3. The molecule has 0 aliphatic carbocycles. The zero-order valence-corrected chi connectivity index (χ0v) is 11.3. The first-order chi connectivity index (χ1) is 9.04. The molecule has 1 aliphatic heterocycles. The van der Waals surface area contributed by atoms with Gasteiger partial charge in [0.05, 0.1) is 11.3 Å². The van der Waals surface area contributed by atoms with Crippen molar-refractivity contribution in [3.63, 3.8) is 0 Å². The van der Waals surface area contributed by atoms with Gasteiger partial charge < -0.3 is 10.3 Å². The van der Waals surface area contributed by atoms with Crippen molar-refractivity contribution in [3.8, 4) is 0 Å². The van der Waals surface area contributed by atoms with Crippen LogP contribution in [0.25, 0.3) is 0 Å². The lowest BCUT2D eigenvalue weighted by Crippen LogP contribution is -2.42. The van der Waals surface area contributed by atoms with Crippen molar-refractivity contribution in [1.29, 1.82) is 0 Å². The van der Waals surface area contributed by atoms with Crippen LogP contribution in [-0.2, 0) is 0 Å². The Bertz CT molecular complexity index is 478. The SMILES string of the molecule is CC1CCN(C(=O)c2cccc(F)c2NN)CC1C. The second kappa shape index (κ2) is 5.57. The van der Waals surface area contributed by atoms with E-state index in [9.17, 15) is 9.18 Å². The number of nitrogens with two attached hydrogens (primary N) is 1. The van der Waals surface area contributed by atoms with Crippen molar-refractivity contribution in [3.05, 3.63) is 29.6 Å². The maximum absolute atomic E-state index is 13.6. The van der Waals surface area contributed by atoms with Crippen LogP contribution in [0.2, 0.25) is 0 Å². The number of nitrogens with one attached hydrogen (secondary N) is 1. The minimum absolute atomic E-state index is 0.0683. The molecule has 0 saturated carbocycles. The van der Waals surface area contributed by atoms with Crippen LogP contribution in [0.15, 0.2) is 18.2 Å². The van der Waals surface area contributed by atoms with Crippen molar-refractivity contribution < 1.29 is 9.18 Å². The predicted molar refractivity (Wildman–Crippen MR) is 73.1 cm³/mol. The summed E-state index contributed by atoms with van der Waals surface area (Å²) in [6, 6.07) is 4.41. The number of nitrogens with zero attached hydrogens (tertiary/aromatic N) is 1. The lowest BCUT2D eigenvalue weighted by molar-refractivity contribution is 0.0628. The number of carbonyl (C=O) groups excluding carboxylic acids is 1. The van der Waals surface area contributed by atoms with Gasteiger partial charge in [-0.3, -0.25) is 10.6 Å². The Morgan fingerprint density at radius 2 is 2.16 bits per heavy atom. The Kier molecular flexibility index (Phi) is 4.04. The van der Waals surface area contributed by atoms with Crippen molar-refractivity contribution >= 4 is 11.6 Å². The quantitative estimate of drug-likeness (QED) is 0.637. The molecule has 1 amide bonds. The number of likely N-dealkylation sites (tertiary alicyclic amines) is 1. The number of para-hydroxylation sites is 1. The number of amides is 1. The fourth-order valence-corrected chi connectivity index (χ4v) is 2.47. The number of nitrogen functional groups attached to an aromatic ring is 1. The lowest BCUT2D eigenvalue weighted by atomic mass is 9.88. The maximum Gasteiger partial charge on any atom is 0.256 e. The van der Waals surface area contributed by atoms with E-state index in [1.807, 2.05) is 0 Å². The number of benzene rings is 1. The topological polar surface area (TPSA) is 58.4 Å². The third kappa shape index (κ3) is 2.71. The highest BCUT2D eigenvalue weighted by Crippen LogP contribution is 2.26. The molecule has 1 aromatic carbocycles. The van der Waals surface area contributed by atoms with Crippen LogP contribution < -0.4 is 11.3 Å². The van der Waals surface area contributed by atoms with Gasteiger partial charge in [0.15, 0.2) is 0 Å². The van der Waals surface area contributed by atoms with E-state index in [0.717, 1.165) is 6.42 Å². The zero-order chi connectivity index (χ0) is 14.0. The van der Waals surface area contributed by atoms with Crippen molar-refractivity contribution in [2.45, 2.75) is 20.3 Å². The third-order valence-electron chi connectivity index (χ3n) is 4.01. The fraction of sp³-hybridized carbons (Fsp3) is 0.500. The Morgan fingerprint density at radius 1 is 1.42 bits per heavy atom. The first-order valence-corrected chi connectivity index (χ1v) is 6.59. The molecular weight excluding hydrogens is 245 g/mol. The summed E-state index contributed by atoms with van der Waals surface area (Å²) in [5.74, 6) is 5.71. The van der Waals surface area contributed by atoms with E-state index >= 15 is 0 Å². The molecule has 0 radical (unpaired) electrons. The smallest absolute Gasteiger partial charge is 0.256 e. The summed E-state index contributed by atoms with van der Waals surface area (Å²) in [6.45, 7) is 5.75. The Labute approximate surface area is 112 Å². The Balaban J connectivity index is 2.23. The van der Waals surface area contributed by atoms with Crippen LogP contribution in [0.1, 0.15) is 30.6 Å². The maximum atomic E-state index is 13.6. The van der Waals surface area contributed by atoms with E-state index in [1.165, 1.54) is 12.1 Å². The molecule has 5 heteroatoms. The van der Waals surface area contributed by atoms with Gasteiger partial charge in [-0.05, 0) is 30.4 Å². The number of hydrazine groups is 1. The molecule has 2 atom stereocenters. The van der Waals surface area contributed by atoms with Gasteiger partial charge in [0.25, 0.3) is 5.91 Å². The molecule has 0 bridgehead atoms. The Morgan fingerprint density at radius 3 is 2.79 bits per heavy atom. The highest BCUT2D eigenvalue weighted by atomic mass is 19.1. The monoisotopic (exact) mass is 265 g/mol. The second-order valence-corrected chi connectivity index (χ2v) is 5.30. The number of halogens is 1. The highest BCUT2D eigenvalue weighted by Gasteiger charge is 2.28. The van der Waals surface area contributed by atoms with E-state index < -0.39 is 5.82 Å². The first-order valence-electron chi connectivity index (χ1n) is 6.59. The molecule has 1 fully saturated rings. The third-order valence-corrected chi connectivity index (χ3v) is 4.01. The number of anilines is 1. The molecule has 1 aromatic rings. The normalized spacial score (nSPS) is 23.3. The standard InChI is InChI=1S/C14H20FN3O/c1-9-6-7-18(8-10(9)2)14(19)11-4-3-5-12(15)13(11)17-16/h3-5,9-10,17H,6-8,16H2,1-2H3. The molecule has 2 unspecified atom stereocenters. The molecule has 1 aliphatic rings. The lowest BCUT2D eigenvalue weighted by Gasteiger charge is -2.35. The van der Waals surface area contributed by atoms with E-state index in [1.54, 1.807) is 11.0 Å². The van der Waals surface area contributed by atoms with Gasteiger partial charge in [-0.1, -0.05) is 19.9 Å². The van der Waals surface area contributed by atoms with Crippen molar-refractivity contribution in [1.82, 2.24) is 4.90 Å².